The average Bonchev–Trinajstić information content (AvgIpc) is 2.75. The summed E-state index contributed by atoms with van der Waals surface area (Å²) in [7, 11) is -3.77. The molecule has 3 rings (SSSR count). The van der Waals surface area contributed by atoms with Gasteiger partial charge in [-0.15, -0.1) is 0 Å². The van der Waals surface area contributed by atoms with Crippen molar-refractivity contribution in [1.29, 1.82) is 0 Å². The van der Waals surface area contributed by atoms with Gasteiger partial charge in [0.05, 0.1) is 22.2 Å². The van der Waals surface area contributed by atoms with Crippen molar-refractivity contribution in [1.82, 2.24) is 4.83 Å². The first kappa shape index (κ1) is 23.7. The number of halogens is 2. The molecule has 0 fully saturated rings. The Kier molecular flexibility index (Phi) is 7.87. The quantitative estimate of drug-likeness (QED) is 0.311. The van der Waals surface area contributed by atoms with E-state index in [4.69, 9.17) is 9.47 Å². The van der Waals surface area contributed by atoms with Crippen molar-refractivity contribution < 1.29 is 22.3 Å². The minimum Gasteiger partial charge on any atom is -0.490 e. The lowest BCUT2D eigenvalue weighted by Crippen LogP contribution is -2.18. The summed E-state index contributed by atoms with van der Waals surface area (Å²) in [5.41, 5.74) is 2.36. The molecule has 3 aromatic rings. The molecule has 0 bridgehead atoms. The van der Waals surface area contributed by atoms with Gasteiger partial charge in [-0.2, -0.15) is 13.5 Å². The normalized spacial score (nSPS) is 11.5. The van der Waals surface area contributed by atoms with Crippen LogP contribution in [0, 0.1) is 12.7 Å². The molecule has 3 aromatic carbocycles. The molecule has 0 heterocycles. The van der Waals surface area contributed by atoms with E-state index < -0.39 is 10.0 Å². The molecule has 1 N–H and O–H groups in total. The fraction of sp³-hybridized carbons (Fsp3) is 0.174. The fourth-order valence-corrected chi connectivity index (χ4v) is 4.11. The first-order valence-electron chi connectivity index (χ1n) is 9.73. The highest BCUT2D eigenvalue weighted by Crippen LogP contribution is 2.37. The highest BCUT2D eigenvalue weighted by Gasteiger charge is 2.14. The van der Waals surface area contributed by atoms with Crippen molar-refractivity contribution in [3.05, 3.63) is 87.6 Å². The summed E-state index contributed by atoms with van der Waals surface area (Å²) in [5.74, 6) is 0.631. The second-order valence-corrected chi connectivity index (χ2v) is 9.36. The van der Waals surface area contributed by atoms with Gasteiger partial charge in [0.1, 0.15) is 12.4 Å². The smallest absolute Gasteiger partial charge is 0.276 e. The van der Waals surface area contributed by atoms with Gasteiger partial charge in [-0.05, 0) is 77.3 Å². The summed E-state index contributed by atoms with van der Waals surface area (Å²) in [6.45, 7) is 4.35. The molecule has 0 aliphatic carbocycles. The van der Waals surface area contributed by atoms with Crippen LogP contribution < -0.4 is 14.3 Å². The number of hydrazone groups is 1. The topological polar surface area (TPSA) is 77.0 Å². The van der Waals surface area contributed by atoms with Crippen LogP contribution in [0.2, 0.25) is 0 Å². The number of rotatable bonds is 9. The zero-order valence-corrected chi connectivity index (χ0v) is 19.9. The molecule has 0 aliphatic rings. The van der Waals surface area contributed by atoms with Crippen LogP contribution in [-0.2, 0) is 16.6 Å². The largest absolute Gasteiger partial charge is 0.490 e. The molecule has 0 aromatic heterocycles. The van der Waals surface area contributed by atoms with E-state index >= 15 is 0 Å². The van der Waals surface area contributed by atoms with Crippen LogP contribution in [0.25, 0.3) is 0 Å². The molecule has 9 heteroatoms. The Hall–Kier alpha value is -2.91. The summed E-state index contributed by atoms with van der Waals surface area (Å²) in [4.78, 5) is 2.33. The summed E-state index contributed by atoms with van der Waals surface area (Å²) in [6.07, 6.45) is 1.38. The molecule has 0 spiro atoms. The van der Waals surface area contributed by atoms with E-state index in [0.717, 1.165) is 11.1 Å². The number of ether oxygens (including phenoxy) is 2. The van der Waals surface area contributed by atoms with Crippen LogP contribution >= 0.6 is 15.9 Å². The molecule has 168 valence electrons. The summed E-state index contributed by atoms with van der Waals surface area (Å²) < 4.78 is 50.0. The van der Waals surface area contributed by atoms with E-state index in [-0.39, 0.29) is 17.3 Å². The van der Waals surface area contributed by atoms with Gasteiger partial charge in [0.15, 0.2) is 11.5 Å². The molecular formula is C23H22BrFN2O4S. The fourth-order valence-electron chi connectivity index (χ4n) is 2.74. The lowest BCUT2D eigenvalue weighted by molar-refractivity contribution is 0.267. The summed E-state index contributed by atoms with van der Waals surface area (Å²) in [6, 6.07) is 15.9. The number of hydrogen-bond donors (Lipinski definition) is 1. The maximum absolute atomic E-state index is 13.1. The Morgan fingerprint density at radius 3 is 2.41 bits per heavy atom. The maximum Gasteiger partial charge on any atom is 0.276 e. The van der Waals surface area contributed by atoms with Crippen molar-refractivity contribution in [3.8, 4) is 11.5 Å². The molecule has 0 atom stereocenters. The number of sulfonamides is 1. The van der Waals surface area contributed by atoms with Gasteiger partial charge >= 0.3 is 0 Å². The Morgan fingerprint density at radius 2 is 1.75 bits per heavy atom. The van der Waals surface area contributed by atoms with Gasteiger partial charge in [-0.25, -0.2) is 9.22 Å². The zero-order chi connectivity index (χ0) is 23.1. The maximum atomic E-state index is 13.1. The van der Waals surface area contributed by atoms with Crippen molar-refractivity contribution in [2.45, 2.75) is 25.3 Å². The molecule has 0 aliphatic heterocycles. The van der Waals surface area contributed by atoms with Crippen LogP contribution in [0.5, 0.6) is 11.5 Å². The van der Waals surface area contributed by atoms with E-state index in [1.54, 1.807) is 36.4 Å². The third kappa shape index (κ3) is 6.30. The third-order valence-electron chi connectivity index (χ3n) is 4.35. The minimum absolute atomic E-state index is 0.126. The molecule has 0 unspecified atom stereocenters. The Labute approximate surface area is 195 Å². The van der Waals surface area contributed by atoms with Gasteiger partial charge in [-0.1, -0.05) is 29.8 Å². The zero-order valence-electron chi connectivity index (χ0n) is 17.5. The van der Waals surface area contributed by atoms with Crippen LogP contribution in [-0.4, -0.2) is 21.2 Å². The molecular weight excluding hydrogens is 499 g/mol. The average molecular weight is 521 g/mol. The third-order valence-corrected chi connectivity index (χ3v) is 6.17. The molecule has 6 nitrogen and oxygen atoms in total. The van der Waals surface area contributed by atoms with E-state index in [0.29, 0.717) is 28.1 Å². The SMILES string of the molecule is CCOc1cc(/C=N\NS(=O)(=O)c2ccc(C)cc2)cc(Br)c1OCc1ccc(F)cc1. The molecule has 0 radical (unpaired) electrons. The second kappa shape index (κ2) is 10.6. The van der Waals surface area contributed by atoms with Crippen molar-refractivity contribution >= 4 is 32.2 Å². The summed E-state index contributed by atoms with van der Waals surface area (Å²) in [5, 5.41) is 3.87. The lowest BCUT2D eigenvalue weighted by atomic mass is 10.2. The van der Waals surface area contributed by atoms with Crippen LogP contribution in [0.1, 0.15) is 23.6 Å². The van der Waals surface area contributed by atoms with Gasteiger partial charge < -0.3 is 9.47 Å². The van der Waals surface area contributed by atoms with E-state index in [1.165, 1.54) is 30.5 Å². The Morgan fingerprint density at radius 1 is 1.06 bits per heavy atom. The Balaban J connectivity index is 1.75. The number of hydrogen-bond acceptors (Lipinski definition) is 5. The predicted molar refractivity (Wildman–Crippen MR) is 125 cm³/mol. The van der Waals surface area contributed by atoms with Gasteiger partial charge in [0, 0.05) is 0 Å². The van der Waals surface area contributed by atoms with Crippen LogP contribution in [0.3, 0.4) is 0 Å². The van der Waals surface area contributed by atoms with Crippen LogP contribution in [0.15, 0.2) is 75.1 Å². The van der Waals surface area contributed by atoms with E-state index in [9.17, 15) is 12.8 Å². The Bertz CT molecular complexity index is 1200. The number of benzene rings is 3. The first-order chi connectivity index (χ1) is 15.3. The highest BCUT2D eigenvalue weighted by atomic mass is 79.9. The predicted octanol–water partition coefficient (Wildman–Crippen LogP) is 5.19. The van der Waals surface area contributed by atoms with E-state index in [2.05, 4.69) is 25.9 Å². The van der Waals surface area contributed by atoms with E-state index in [1.807, 2.05) is 13.8 Å². The molecule has 0 saturated heterocycles. The molecule has 32 heavy (non-hydrogen) atoms. The van der Waals surface area contributed by atoms with Gasteiger partial charge in [0.2, 0.25) is 0 Å². The van der Waals surface area contributed by atoms with Crippen molar-refractivity contribution in [3.63, 3.8) is 0 Å². The van der Waals surface area contributed by atoms with Crippen molar-refractivity contribution in [2.75, 3.05) is 6.61 Å². The van der Waals surface area contributed by atoms with Crippen LogP contribution in [0.4, 0.5) is 4.39 Å². The summed E-state index contributed by atoms with van der Waals surface area (Å²) >= 11 is 3.46. The second-order valence-electron chi connectivity index (χ2n) is 6.84. The minimum atomic E-state index is -3.77. The van der Waals surface area contributed by atoms with Gasteiger partial charge in [0.25, 0.3) is 10.0 Å². The number of nitrogens with zero attached hydrogens (tertiary/aromatic N) is 1. The molecule has 0 amide bonds. The number of nitrogens with one attached hydrogen (secondary N) is 1. The number of aryl methyl sites for hydroxylation is 1. The standard InChI is InChI=1S/C23H22BrFN2O4S/c1-3-30-22-13-18(14-26-27-32(28,29)20-10-4-16(2)5-11-20)12-21(24)23(22)31-15-17-6-8-19(25)9-7-17/h4-14,27H,3,15H2,1-2H3/b26-14-. The first-order valence-corrected chi connectivity index (χ1v) is 12.0. The van der Waals surface area contributed by atoms with Gasteiger partial charge in [-0.3, -0.25) is 0 Å². The van der Waals surface area contributed by atoms with Crippen molar-refractivity contribution in [2.24, 2.45) is 5.10 Å². The monoisotopic (exact) mass is 520 g/mol. The molecule has 0 saturated carbocycles. The lowest BCUT2D eigenvalue weighted by Gasteiger charge is -2.14. The highest BCUT2D eigenvalue weighted by molar-refractivity contribution is 9.10.